The molecule has 0 aromatic heterocycles. The van der Waals surface area contributed by atoms with Crippen LogP contribution in [0.25, 0.3) is 0 Å². The molecule has 4 rings (SSSR count). The van der Waals surface area contributed by atoms with E-state index in [-0.39, 0.29) is 22.9 Å². The predicted octanol–water partition coefficient (Wildman–Crippen LogP) is 3.57. The first-order valence-corrected chi connectivity index (χ1v) is 10.0. The van der Waals surface area contributed by atoms with Crippen LogP contribution in [0.2, 0.25) is 0 Å². The summed E-state index contributed by atoms with van der Waals surface area (Å²) in [4.78, 5) is 12.3. The Hall–Kier alpha value is -0.410. The maximum absolute atomic E-state index is 12.3. The summed E-state index contributed by atoms with van der Waals surface area (Å²) in [5.74, 6) is 2.34. The molecule has 0 aromatic carbocycles. The topological polar surface area (TPSA) is 57.5 Å². The van der Waals surface area contributed by atoms with Crippen LogP contribution < -0.4 is 0 Å². The molecule has 0 amide bonds. The molecule has 0 bridgehead atoms. The summed E-state index contributed by atoms with van der Waals surface area (Å²) in [5.41, 5.74) is -0.727. The van der Waals surface area contributed by atoms with Crippen LogP contribution in [0.3, 0.4) is 0 Å². The Morgan fingerprint density at radius 1 is 1.08 bits per heavy atom. The van der Waals surface area contributed by atoms with Gasteiger partial charge in [-0.15, -0.1) is 0 Å². The van der Waals surface area contributed by atoms with Crippen molar-refractivity contribution in [2.24, 2.45) is 40.4 Å². The van der Waals surface area contributed by atoms with Crippen molar-refractivity contribution in [1.29, 1.82) is 0 Å². The van der Waals surface area contributed by atoms with Crippen molar-refractivity contribution in [3.8, 4) is 0 Å². The molecule has 0 unspecified atom stereocenters. The third-order valence-electron chi connectivity index (χ3n) is 9.30. The van der Waals surface area contributed by atoms with E-state index >= 15 is 0 Å². The Labute approximate surface area is 146 Å². The molecule has 2 N–H and O–H groups in total. The molecule has 0 saturated heterocycles. The Kier molecular flexibility index (Phi) is 3.59. The molecule has 136 valence electrons. The number of hydrogen-bond donors (Lipinski definition) is 2. The van der Waals surface area contributed by atoms with Crippen LogP contribution in [0.1, 0.15) is 72.6 Å². The van der Waals surface area contributed by atoms with Crippen LogP contribution in [-0.2, 0) is 4.79 Å². The molecule has 9 atom stereocenters. The monoisotopic (exact) mass is 334 g/mol. The molecule has 4 fully saturated rings. The van der Waals surface area contributed by atoms with Gasteiger partial charge in [0.15, 0.2) is 0 Å². The second kappa shape index (κ2) is 5.07. The van der Waals surface area contributed by atoms with Gasteiger partial charge in [-0.2, -0.15) is 0 Å². The minimum atomic E-state index is -0.656. The number of aliphatic hydroxyl groups excluding tert-OH is 1. The van der Waals surface area contributed by atoms with Gasteiger partial charge in [0.25, 0.3) is 0 Å². The molecule has 0 aliphatic heterocycles. The summed E-state index contributed by atoms with van der Waals surface area (Å²) < 4.78 is 0. The Morgan fingerprint density at radius 3 is 2.50 bits per heavy atom. The molecule has 0 aromatic rings. The van der Waals surface area contributed by atoms with Crippen LogP contribution in [0.15, 0.2) is 0 Å². The maximum Gasteiger partial charge on any atom is 0.136 e. The highest BCUT2D eigenvalue weighted by Gasteiger charge is 2.66. The van der Waals surface area contributed by atoms with Crippen LogP contribution >= 0.6 is 0 Å². The molecule has 4 aliphatic carbocycles. The zero-order valence-electron chi connectivity index (χ0n) is 15.7. The maximum atomic E-state index is 12.3. The highest BCUT2D eigenvalue weighted by molar-refractivity contribution is 5.82. The number of Topliss-reactive ketones (excluding diaryl/α,β-unsaturated/α-hetero) is 1. The zero-order chi connectivity index (χ0) is 17.5. The van der Waals surface area contributed by atoms with E-state index in [4.69, 9.17) is 0 Å². The van der Waals surface area contributed by atoms with E-state index in [0.717, 1.165) is 38.5 Å². The van der Waals surface area contributed by atoms with Crippen molar-refractivity contribution in [1.82, 2.24) is 0 Å². The molecule has 4 saturated carbocycles. The highest BCUT2D eigenvalue weighted by Crippen LogP contribution is 2.68. The van der Waals surface area contributed by atoms with Crippen LogP contribution in [0.4, 0.5) is 0 Å². The van der Waals surface area contributed by atoms with Crippen molar-refractivity contribution < 1.29 is 15.0 Å². The van der Waals surface area contributed by atoms with E-state index in [1.807, 2.05) is 6.92 Å². The summed E-state index contributed by atoms with van der Waals surface area (Å²) in [6, 6.07) is 0. The predicted molar refractivity (Wildman–Crippen MR) is 93.3 cm³/mol. The Bertz CT molecular complexity index is 555. The average Bonchev–Trinajstić information content (AvgIpc) is 2.70. The average molecular weight is 335 g/mol. The van der Waals surface area contributed by atoms with E-state index in [0.29, 0.717) is 35.9 Å². The minimum Gasteiger partial charge on any atom is -0.393 e. The van der Waals surface area contributed by atoms with E-state index in [1.54, 1.807) is 0 Å². The third-order valence-corrected chi connectivity index (χ3v) is 9.30. The first-order chi connectivity index (χ1) is 11.1. The molecule has 0 heterocycles. The van der Waals surface area contributed by atoms with Crippen molar-refractivity contribution in [2.75, 3.05) is 0 Å². The summed E-state index contributed by atoms with van der Waals surface area (Å²) in [5, 5.41) is 22.2. The molecular formula is C21H34O3. The molecule has 3 heteroatoms. The lowest BCUT2D eigenvalue weighted by atomic mass is 9.43. The number of aliphatic hydroxyl groups is 2. The smallest absolute Gasteiger partial charge is 0.136 e. The third kappa shape index (κ3) is 2.00. The van der Waals surface area contributed by atoms with Gasteiger partial charge in [-0.05, 0) is 74.5 Å². The number of hydrogen-bond acceptors (Lipinski definition) is 3. The fourth-order valence-corrected chi connectivity index (χ4v) is 7.76. The van der Waals surface area contributed by atoms with Gasteiger partial charge in [0, 0.05) is 17.8 Å². The molecule has 0 radical (unpaired) electrons. The SMILES string of the molecule is C[C@@H]1C[C@@]2(C)[C@H](CC[C@@H]3[C@@H]2[C@H](O)C[C@@]2(C)[C@H]3CC[C@@]2(C)O)CC1=O. The van der Waals surface area contributed by atoms with E-state index in [1.165, 1.54) is 0 Å². The molecule has 3 nitrogen and oxygen atoms in total. The first-order valence-electron chi connectivity index (χ1n) is 10.0. The molecule has 24 heavy (non-hydrogen) atoms. The second-order valence-electron chi connectivity index (χ2n) is 10.4. The fourth-order valence-electron chi connectivity index (χ4n) is 7.76. The number of carbonyl (C=O) groups is 1. The summed E-state index contributed by atoms with van der Waals surface area (Å²) in [6.07, 6.45) is 6.23. The van der Waals surface area contributed by atoms with Gasteiger partial charge in [-0.3, -0.25) is 4.79 Å². The van der Waals surface area contributed by atoms with E-state index < -0.39 is 5.60 Å². The molecular weight excluding hydrogens is 300 g/mol. The van der Waals surface area contributed by atoms with Crippen molar-refractivity contribution in [3.05, 3.63) is 0 Å². The number of carbonyl (C=O) groups excluding carboxylic acids is 1. The minimum absolute atomic E-state index is 0.0887. The number of rotatable bonds is 0. The normalized spacial score (nSPS) is 60.3. The first kappa shape index (κ1) is 17.0. The number of fused-ring (bicyclic) bond motifs is 5. The number of ketones is 1. The molecule has 4 aliphatic rings. The van der Waals surface area contributed by atoms with Gasteiger partial charge in [0.05, 0.1) is 11.7 Å². The highest BCUT2D eigenvalue weighted by atomic mass is 16.3. The zero-order valence-corrected chi connectivity index (χ0v) is 15.7. The lowest BCUT2D eigenvalue weighted by molar-refractivity contribution is -0.196. The van der Waals surface area contributed by atoms with Gasteiger partial charge >= 0.3 is 0 Å². The standard InChI is InChI=1S/C21H34O3/c1-12-10-19(2)13(9-16(12)22)5-6-14-15-7-8-21(4,24)20(15,3)11-17(23)18(14)19/h12-15,17-18,23-24H,5-11H2,1-4H3/t12-,13-,14+,15+,17-,18-,19+,20+,21-/m1/s1. The van der Waals surface area contributed by atoms with Crippen molar-refractivity contribution in [3.63, 3.8) is 0 Å². The van der Waals surface area contributed by atoms with Gasteiger partial charge in [0.1, 0.15) is 5.78 Å². The quantitative estimate of drug-likeness (QED) is 0.712. The van der Waals surface area contributed by atoms with Crippen molar-refractivity contribution in [2.45, 2.75) is 84.3 Å². The van der Waals surface area contributed by atoms with Gasteiger partial charge in [-0.25, -0.2) is 0 Å². The van der Waals surface area contributed by atoms with Crippen molar-refractivity contribution >= 4 is 5.78 Å². The summed E-state index contributed by atoms with van der Waals surface area (Å²) >= 11 is 0. The lowest BCUT2D eigenvalue weighted by Crippen LogP contribution is -2.61. The van der Waals surface area contributed by atoms with Gasteiger partial charge in [-0.1, -0.05) is 20.8 Å². The Balaban J connectivity index is 1.71. The fraction of sp³-hybridized carbons (Fsp3) is 0.952. The summed E-state index contributed by atoms with van der Waals surface area (Å²) in [7, 11) is 0. The summed E-state index contributed by atoms with van der Waals surface area (Å²) in [6.45, 7) is 8.63. The van der Waals surface area contributed by atoms with Crippen LogP contribution in [0.5, 0.6) is 0 Å². The van der Waals surface area contributed by atoms with Crippen LogP contribution in [-0.4, -0.2) is 27.7 Å². The lowest BCUT2D eigenvalue weighted by Gasteiger charge is -2.62. The van der Waals surface area contributed by atoms with Crippen LogP contribution in [0, 0.1) is 40.4 Å². The van der Waals surface area contributed by atoms with E-state index in [2.05, 4.69) is 20.8 Å². The Morgan fingerprint density at radius 2 is 1.79 bits per heavy atom. The van der Waals surface area contributed by atoms with Gasteiger partial charge < -0.3 is 10.2 Å². The largest absolute Gasteiger partial charge is 0.393 e. The van der Waals surface area contributed by atoms with E-state index in [9.17, 15) is 15.0 Å². The second-order valence-corrected chi connectivity index (χ2v) is 10.4. The molecule has 0 spiro atoms. The van der Waals surface area contributed by atoms with Gasteiger partial charge in [0.2, 0.25) is 0 Å².